The zero-order chi connectivity index (χ0) is 23.7. The number of aromatic nitrogens is 4. The zero-order valence-electron chi connectivity index (χ0n) is 19.2. The van der Waals surface area contributed by atoms with Crippen LogP contribution in [0.15, 0.2) is 83.7 Å². The molecule has 0 amide bonds. The molecular formula is C27H26N4O3. The van der Waals surface area contributed by atoms with E-state index in [0.717, 1.165) is 27.9 Å². The van der Waals surface area contributed by atoms with E-state index in [4.69, 9.17) is 9.72 Å². The van der Waals surface area contributed by atoms with Crippen LogP contribution in [0.25, 0.3) is 16.6 Å². The number of benzene rings is 2. The lowest BCUT2D eigenvalue weighted by molar-refractivity contribution is 0.0514. The Balaban J connectivity index is 1.42. The first-order valence-corrected chi connectivity index (χ1v) is 11.2. The lowest BCUT2D eigenvalue weighted by atomic mass is 9.92. The molecule has 1 unspecified atom stereocenters. The van der Waals surface area contributed by atoms with Crippen LogP contribution < -0.4 is 10.4 Å². The van der Waals surface area contributed by atoms with Crippen LogP contribution in [0.2, 0.25) is 0 Å². The van der Waals surface area contributed by atoms with E-state index in [1.165, 1.54) is 9.08 Å². The van der Waals surface area contributed by atoms with Crippen LogP contribution in [0.3, 0.4) is 0 Å². The van der Waals surface area contributed by atoms with Crippen LogP contribution in [-0.2, 0) is 25.0 Å². The molecule has 0 saturated heterocycles. The molecule has 7 heteroatoms. The van der Waals surface area contributed by atoms with Crippen molar-refractivity contribution in [3.8, 4) is 5.75 Å². The molecule has 0 bridgehead atoms. The van der Waals surface area contributed by atoms with Crippen molar-refractivity contribution in [2.75, 3.05) is 7.11 Å². The number of ether oxygens (including phenoxy) is 1. The Morgan fingerprint density at radius 2 is 1.76 bits per heavy atom. The summed E-state index contributed by atoms with van der Waals surface area (Å²) in [6.45, 7) is 2.11. The third kappa shape index (κ3) is 4.18. The molecule has 2 aromatic carbocycles. The minimum absolute atomic E-state index is 0.276. The first-order valence-electron chi connectivity index (χ1n) is 11.2. The van der Waals surface area contributed by atoms with E-state index in [2.05, 4.69) is 5.10 Å². The van der Waals surface area contributed by atoms with E-state index in [1.807, 2.05) is 66.7 Å². The van der Waals surface area contributed by atoms with Gasteiger partial charge in [-0.2, -0.15) is 0 Å². The molecule has 0 radical (unpaired) electrons. The number of methoxy groups -OCH3 is 1. The number of fused-ring (bicyclic) bond motifs is 2. The monoisotopic (exact) mass is 454 g/mol. The van der Waals surface area contributed by atoms with E-state index in [0.29, 0.717) is 30.7 Å². The van der Waals surface area contributed by atoms with Gasteiger partial charge < -0.3 is 9.84 Å². The molecule has 5 aromatic rings. The van der Waals surface area contributed by atoms with E-state index >= 15 is 0 Å². The van der Waals surface area contributed by atoms with Gasteiger partial charge in [-0.3, -0.25) is 4.98 Å². The van der Waals surface area contributed by atoms with Crippen LogP contribution in [0.5, 0.6) is 5.75 Å². The summed E-state index contributed by atoms with van der Waals surface area (Å²) in [7, 11) is 1.62. The highest BCUT2D eigenvalue weighted by Crippen LogP contribution is 2.26. The molecule has 3 aromatic heterocycles. The maximum absolute atomic E-state index is 13.3. The highest BCUT2D eigenvalue weighted by Gasteiger charge is 2.28. The summed E-state index contributed by atoms with van der Waals surface area (Å²) < 4.78 is 8.15. The second-order valence-corrected chi connectivity index (χ2v) is 8.65. The summed E-state index contributed by atoms with van der Waals surface area (Å²) in [4.78, 5) is 18.0. The van der Waals surface area contributed by atoms with Crippen molar-refractivity contribution in [2.45, 2.75) is 31.9 Å². The average molecular weight is 455 g/mol. The van der Waals surface area contributed by atoms with Gasteiger partial charge in [-0.05, 0) is 48.9 Å². The lowest BCUT2D eigenvalue weighted by Gasteiger charge is -2.24. The number of nitrogens with zero attached hydrogens (tertiary/aromatic N) is 4. The van der Waals surface area contributed by atoms with E-state index in [9.17, 15) is 9.90 Å². The van der Waals surface area contributed by atoms with E-state index in [-0.39, 0.29) is 5.69 Å². The fraction of sp³-hybridized carbons (Fsp3) is 0.222. The fourth-order valence-corrected chi connectivity index (χ4v) is 4.32. The molecule has 1 N–H and O–H groups in total. The van der Waals surface area contributed by atoms with Gasteiger partial charge in [-0.25, -0.2) is 13.9 Å². The molecule has 0 aliphatic rings. The molecule has 7 nitrogen and oxygen atoms in total. The fourth-order valence-electron chi connectivity index (χ4n) is 4.32. The predicted molar refractivity (Wildman–Crippen MR) is 131 cm³/mol. The minimum atomic E-state index is -1.27. The van der Waals surface area contributed by atoms with Crippen LogP contribution in [0.1, 0.15) is 23.9 Å². The normalized spacial score (nSPS) is 13.3. The smallest absolute Gasteiger partial charge is 0.350 e. The number of aryl methyl sites for hydroxylation is 2. The number of aliphatic hydroxyl groups is 1. The third-order valence-corrected chi connectivity index (χ3v) is 6.10. The first kappa shape index (κ1) is 21.9. The Hall–Kier alpha value is -3.97. The van der Waals surface area contributed by atoms with Crippen molar-refractivity contribution in [1.29, 1.82) is 0 Å². The van der Waals surface area contributed by atoms with Gasteiger partial charge in [0.1, 0.15) is 11.4 Å². The van der Waals surface area contributed by atoms with Gasteiger partial charge in [0.05, 0.1) is 24.9 Å². The standard InChI is InChI=1S/C27H26N4O3/c1-27(33,18-19-10-14-22(34-2)15-11-19)24-8-5-9-25-29-30(26(32)31(24)25)17-16-21-13-12-20-6-3-4-7-23(20)28-21/h3-15,33H,16-18H2,1-2H3. The molecule has 0 saturated carbocycles. The van der Waals surface area contributed by atoms with E-state index in [1.54, 1.807) is 26.2 Å². The largest absolute Gasteiger partial charge is 0.497 e. The van der Waals surface area contributed by atoms with Gasteiger partial charge in [-0.1, -0.05) is 42.5 Å². The van der Waals surface area contributed by atoms with Crippen LogP contribution in [0.4, 0.5) is 0 Å². The third-order valence-electron chi connectivity index (χ3n) is 6.10. The van der Waals surface area contributed by atoms with Crippen molar-refractivity contribution < 1.29 is 9.84 Å². The van der Waals surface area contributed by atoms with Crippen LogP contribution in [0, 0.1) is 0 Å². The Labute approximate surface area is 196 Å². The molecule has 5 rings (SSSR count). The Morgan fingerprint density at radius 3 is 2.56 bits per heavy atom. The topological polar surface area (TPSA) is 81.7 Å². The van der Waals surface area contributed by atoms with Gasteiger partial charge in [0.2, 0.25) is 0 Å². The number of para-hydroxylation sites is 1. The highest BCUT2D eigenvalue weighted by molar-refractivity contribution is 5.78. The average Bonchev–Trinajstić information content (AvgIpc) is 3.18. The first-order chi connectivity index (χ1) is 16.4. The number of hydrogen-bond donors (Lipinski definition) is 1. The van der Waals surface area contributed by atoms with Crippen molar-refractivity contribution in [1.82, 2.24) is 19.2 Å². The van der Waals surface area contributed by atoms with Crippen molar-refractivity contribution in [3.63, 3.8) is 0 Å². The Bertz CT molecular complexity index is 1520. The summed E-state index contributed by atoms with van der Waals surface area (Å²) >= 11 is 0. The maximum Gasteiger partial charge on any atom is 0.350 e. The maximum atomic E-state index is 13.3. The molecule has 0 aliphatic carbocycles. The predicted octanol–water partition coefficient (Wildman–Crippen LogP) is 3.75. The summed E-state index contributed by atoms with van der Waals surface area (Å²) in [6, 6.07) is 24.9. The summed E-state index contributed by atoms with van der Waals surface area (Å²) in [5.41, 5.74) is 2.22. The lowest BCUT2D eigenvalue weighted by Crippen LogP contribution is -2.32. The zero-order valence-corrected chi connectivity index (χ0v) is 19.2. The summed E-state index contributed by atoms with van der Waals surface area (Å²) in [5, 5.41) is 17.0. The molecule has 0 spiro atoms. The van der Waals surface area contributed by atoms with E-state index < -0.39 is 5.60 Å². The molecule has 172 valence electrons. The summed E-state index contributed by atoms with van der Waals surface area (Å²) in [5.74, 6) is 0.754. The SMILES string of the molecule is COc1ccc(CC(C)(O)c2cccc3nn(CCc4ccc5ccccc5n4)c(=O)n23)cc1. The quantitative estimate of drug-likeness (QED) is 0.405. The Kier molecular flexibility index (Phi) is 5.63. The second-order valence-electron chi connectivity index (χ2n) is 8.65. The molecule has 0 aliphatic heterocycles. The molecule has 34 heavy (non-hydrogen) atoms. The number of rotatable bonds is 7. The van der Waals surface area contributed by atoms with Crippen LogP contribution >= 0.6 is 0 Å². The summed E-state index contributed by atoms with van der Waals surface area (Å²) in [6.07, 6.45) is 0.918. The Morgan fingerprint density at radius 1 is 0.971 bits per heavy atom. The number of pyridine rings is 2. The minimum Gasteiger partial charge on any atom is -0.497 e. The van der Waals surface area contributed by atoms with Gasteiger partial charge in [-0.15, -0.1) is 5.10 Å². The second kappa shape index (κ2) is 8.76. The highest BCUT2D eigenvalue weighted by atomic mass is 16.5. The van der Waals surface area contributed by atoms with Gasteiger partial charge in [0, 0.05) is 23.9 Å². The molecule has 0 fully saturated rings. The van der Waals surface area contributed by atoms with Gasteiger partial charge in [0.25, 0.3) is 0 Å². The molecule has 3 heterocycles. The van der Waals surface area contributed by atoms with Crippen molar-refractivity contribution in [3.05, 3.63) is 106 Å². The van der Waals surface area contributed by atoms with Gasteiger partial charge >= 0.3 is 5.69 Å². The van der Waals surface area contributed by atoms with Crippen LogP contribution in [-0.4, -0.2) is 31.4 Å². The number of hydrogen-bond acceptors (Lipinski definition) is 5. The van der Waals surface area contributed by atoms with Crippen molar-refractivity contribution in [2.24, 2.45) is 0 Å². The molecular weight excluding hydrogens is 428 g/mol. The van der Waals surface area contributed by atoms with Crippen molar-refractivity contribution >= 4 is 16.6 Å². The van der Waals surface area contributed by atoms with Gasteiger partial charge in [0.15, 0.2) is 5.65 Å². The molecule has 1 atom stereocenters.